The highest BCUT2D eigenvalue weighted by atomic mass is 35.5. The molecule has 0 spiro atoms. The molecule has 0 atom stereocenters. The number of aromatic nitrogens is 2. The van der Waals surface area contributed by atoms with E-state index in [0.717, 1.165) is 51.6 Å². The van der Waals surface area contributed by atoms with E-state index < -0.39 is 11.5 Å². The van der Waals surface area contributed by atoms with E-state index in [-0.39, 0.29) is 41.3 Å². The molecule has 36 heavy (non-hydrogen) atoms. The van der Waals surface area contributed by atoms with Gasteiger partial charge < -0.3 is 21.1 Å². The number of hydrogen-bond acceptors (Lipinski definition) is 5. The standard InChI is InChI=1S/C26H36ClN5O4/c1-18-15-32(25(35)31(18)16-23(33)30-19-8-12-28-13-9-19)20-6-7-22(27)21(14-20)24(34)29-17-26(36)10-4-2-3-5-11-26/h6-7,14-15,19,28,36H,2-5,8-13,16-17H2,1H3,(H,29,34)(H,30,33). The minimum Gasteiger partial charge on any atom is -0.388 e. The summed E-state index contributed by atoms with van der Waals surface area (Å²) in [6, 6.07) is 4.92. The molecule has 4 rings (SSSR count). The van der Waals surface area contributed by atoms with Crippen molar-refractivity contribution in [3.05, 3.63) is 51.2 Å². The Morgan fingerprint density at radius 2 is 1.86 bits per heavy atom. The fourth-order valence-electron chi connectivity index (χ4n) is 5.09. The zero-order chi connectivity index (χ0) is 25.7. The summed E-state index contributed by atoms with van der Waals surface area (Å²) < 4.78 is 2.84. The average Bonchev–Trinajstić information content (AvgIpc) is 3.00. The minimum absolute atomic E-state index is 0.0683. The molecular formula is C26H36ClN5O4. The first kappa shape index (κ1) is 26.4. The summed E-state index contributed by atoms with van der Waals surface area (Å²) >= 11 is 6.33. The first-order chi connectivity index (χ1) is 17.3. The summed E-state index contributed by atoms with van der Waals surface area (Å²) in [5, 5.41) is 20.2. The van der Waals surface area contributed by atoms with Crippen molar-refractivity contribution in [3.8, 4) is 5.69 Å². The molecule has 1 saturated carbocycles. The Labute approximate surface area is 216 Å². The molecule has 196 valence electrons. The lowest BCUT2D eigenvalue weighted by Crippen LogP contribution is -2.44. The third kappa shape index (κ3) is 6.38. The topological polar surface area (TPSA) is 117 Å². The molecule has 0 unspecified atom stereocenters. The molecule has 10 heteroatoms. The van der Waals surface area contributed by atoms with E-state index in [1.807, 2.05) is 0 Å². The van der Waals surface area contributed by atoms with Gasteiger partial charge in [-0.3, -0.25) is 18.7 Å². The number of amides is 2. The summed E-state index contributed by atoms with van der Waals surface area (Å²) in [4.78, 5) is 38.7. The fourth-order valence-corrected chi connectivity index (χ4v) is 5.30. The summed E-state index contributed by atoms with van der Waals surface area (Å²) in [6.07, 6.45) is 8.79. The third-order valence-electron chi connectivity index (χ3n) is 7.27. The molecule has 2 aromatic rings. The largest absolute Gasteiger partial charge is 0.388 e. The summed E-state index contributed by atoms with van der Waals surface area (Å²) in [5.41, 5.74) is 0.0676. The number of aryl methyl sites for hydroxylation is 1. The van der Waals surface area contributed by atoms with Crippen LogP contribution in [0.1, 0.15) is 67.4 Å². The van der Waals surface area contributed by atoms with E-state index in [1.54, 1.807) is 31.3 Å². The van der Waals surface area contributed by atoms with Crippen LogP contribution < -0.4 is 21.6 Å². The number of halogens is 1. The highest BCUT2D eigenvalue weighted by Gasteiger charge is 2.29. The van der Waals surface area contributed by atoms with Crippen molar-refractivity contribution < 1.29 is 14.7 Å². The van der Waals surface area contributed by atoms with Gasteiger partial charge in [-0.05, 0) is 63.9 Å². The van der Waals surface area contributed by atoms with E-state index in [9.17, 15) is 19.5 Å². The second kappa shape index (κ2) is 11.6. The Hall–Kier alpha value is -2.62. The molecule has 1 aliphatic heterocycles. The maximum absolute atomic E-state index is 13.2. The summed E-state index contributed by atoms with van der Waals surface area (Å²) in [7, 11) is 0. The predicted octanol–water partition coefficient (Wildman–Crippen LogP) is 2.28. The van der Waals surface area contributed by atoms with Crippen LogP contribution >= 0.6 is 11.6 Å². The summed E-state index contributed by atoms with van der Waals surface area (Å²) in [6.45, 7) is 3.60. The van der Waals surface area contributed by atoms with Gasteiger partial charge in [0.25, 0.3) is 5.91 Å². The lowest BCUT2D eigenvalue weighted by molar-refractivity contribution is -0.122. The van der Waals surface area contributed by atoms with E-state index in [2.05, 4.69) is 16.0 Å². The predicted molar refractivity (Wildman–Crippen MR) is 139 cm³/mol. The van der Waals surface area contributed by atoms with Crippen LogP contribution in [0.2, 0.25) is 5.02 Å². The van der Waals surface area contributed by atoms with Crippen LogP contribution in [0.4, 0.5) is 0 Å². The van der Waals surface area contributed by atoms with Crippen molar-refractivity contribution in [2.45, 2.75) is 76.5 Å². The van der Waals surface area contributed by atoms with Gasteiger partial charge >= 0.3 is 5.69 Å². The first-order valence-corrected chi connectivity index (χ1v) is 13.2. The Morgan fingerprint density at radius 1 is 1.17 bits per heavy atom. The van der Waals surface area contributed by atoms with Gasteiger partial charge in [0.15, 0.2) is 0 Å². The van der Waals surface area contributed by atoms with Gasteiger partial charge in [-0.1, -0.05) is 37.3 Å². The second-order valence-corrected chi connectivity index (χ2v) is 10.5. The van der Waals surface area contributed by atoms with Crippen molar-refractivity contribution in [1.29, 1.82) is 0 Å². The van der Waals surface area contributed by atoms with E-state index >= 15 is 0 Å². The van der Waals surface area contributed by atoms with Gasteiger partial charge in [-0.15, -0.1) is 0 Å². The van der Waals surface area contributed by atoms with Gasteiger partial charge in [0, 0.05) is 24.5 Å². The maximum atomic E-state index is 13.2. The quantitative estimate of drug-likeness (QED) is 0.420. The van der Waals surface area contributed by atoms with Crippen LogP contribution in [-0.4, -0.2) is 57.3 Å². The molecule has 0 bridgehead atoms. The molecule has 9 nitrogen and oxygen atoms in total. The molecule has 4 N–H and O–H groups in total. The van der Waals surface area contributed by atoms with Crippen molar-refractivity contribution in [3.63, 3.8) is 0 Å². The third-order valence-corrected chi connectivity index (χ3v) is 7.60. The van der Waals surface area contributed by atoms with Crippen molar-refractivity contribution >= 4 is 23.4 Å². The molecule has 1 aromatic carbocycles. The Bertz CT molecular complexity index is 1140. The molecule has 2 amide bonds. The van der Waals surface area contributed by atoms with E-state index in [1.165, 1.54) is 9.13 Å². The van der Waals surface area contributed by atoms with Crippen LogP contribution in [0.3, 0.4) is 0 Å². The van der Waals surface area contributed by atoms with Gasteiger partial charge in [0.2, 0.25) is 5.91 Å². The van der Waals surface area contributed by atoms with E-state index in [4.69, 9.17) is 11.6 Å². The maximum Gasteiger partial charge on any atom is 0.333 e. The minimum atomic E-state index is -0.907. The Kier molecular flexibility index (Phi) is 8.54. The number of nitrogens with one attached hydrogen (secondary N) is 3. The van der Waals surface area contributed by atoms with Crippen molar-refractivity contribution in [2.75, 3.05) is 19.6 Å². The normalized spacial score (nSPS) is 18.4. The van der Waals surface area contributed by atoms with Crippen LogP contribution in [0.15, 0.2) is 29.2 Å². The molecule has 1 aromatic heterocycles. The number of carbonyl (C=O) groups is 2. The lowest BCUT2D eigenvalue weighted by Gasteiger charge is -2.26. The number of imidazole rings is 1. The number of benzene rings is 1. The zero-order valence-corrected chi connectivity index (χ0v) is 21.6. The monoisotopic (exact) mass is 517 g/mol. The van der Waals surface area contributed by atoms with Crippen LogP contribution in [0.5, 0.6) is 0 Å². The highest BCUT2D eigenvalue weighted by molar-refractivity contribution is 6.33. The van der Waals surface area contributed by atoms with Gasteiger partial charge in [-0.2, -0.15) is 0 Å². The molecule has 2 fully saturated rings. The number of hydrogen-bond donors (Lipinski definition) is 4. The van der Waals surface area contributed by atoms with Gasteiger partial charge in [0.1, 0.15) is 6.54 Å². The molecule has 2 aliphatic rings. The Balaban J connectivity index is 1.47. The van der Waals surface area contributed by atoms with E-state index in [0.29, 0.717) is 24.2 Å². The first-order valence-electron chi connectivity index (χ1n) is 12.9. The fraction of sp³-hybridized carbons (Fsp3) is 0.577. The van der Waals surface area contributed by atoms with Gasteiger partial charge in [0.05, 0.1) is 21.9 Å². The zero-order valence-electron chi connectivity index (χ0n) is 20.8. The highest BCUT2D eigenvalue weighted by Crippen LogP contribution is 2.27. The Morgan fingerprint density at radius 3 is 2.56 bits per heavy atom. The lowest BCUT2D eigenvalue weighted by atomic mass is 9.94. The number of piperidine rings is 1. The molecule has 2 heterocycles. The van der Waals surface area contributed by atoms with Crippen LogP contribution in [0.25, 0.3) is 5.69 Å². The number of rotatable bonds is 7. The SMILES string of the molecule is Cc1cn(-c2ccc(Cl)c(C(=O)NCC3(O)CCCCCC3)c2)c(=O)n1CC(=O)NC1CCNCC1. The summed E-state index contributed by atoms with van der Waals surface area (Å²) in [5.74, 6) is -0.595. The number of carbonyl (C=O) groups excluding carboxylic acids is 2. The van der Waals surface area contributed by atoms with Gasteiger partial charge in [-0.25, -0.2) is 4.79 Å². The number of aliphatic hydroxyl groups is 1. The van der Waals surface area contributed by atoms with Crippen LogP contribution in [0, 0.1) is 6.92 Å². The molecule has 0 radical (unpaired) electrons. The number of nitrogens with zero attached hydrogens (tertiary/aromatic N) is 2. The molecule has 1 aliphatic carbocycles. The molecule has 1 saturated heterocycles. The van der Waals surface area contributed by atoms with Crippen LogP contribution in [-0.2, 0) is 11.3 Å². The molecular weight excluding hydrogens is 482 g/mol. The van der Waals surface area contributed by atoms with Crippen molar-refractivity contribution in [2.24, 2.45) is 0 Å². The second-order valence-electron chi connectivity index (χ2n) is 10.1. The van der Waals surface area contributed by atoms with Crippen molar-refractivity contribution in [1.82, 2.24) is 25.1 Å². The smallest absolute Gasteiger partial charge is 0.333 e. The average molecular weight is 518 g/mol.